The molecule has 17 heavy (non-hydrogen) atoms. The van der Waals surface area contributed by atoms with Crippen molar-refractivity contribution in [3.63, 3.8) is 0 Å². The normalized spacial score (nSPS) is 11.1. The van der Waals surface area contributed by atoms with Gasteiger partial charge in [-0.2, -0.15) is 5.10 Å². The predicted octanol–water partition coefficient (Wildman–Crippen LogP) is 2.37. The highest BCUT2D eigenvalue weighted by Gasteiger charge is 2.13. The van der Waals surface area contributed by atoms with Crippen LogP contribution in [0.3, 0.4) is 0 Å². The molecule has 90 valence electrons. The number of hydrogen-bond acceptors (Lipinski definition) is 3. The van der Waals surface area contributed by atoms with E-state index in [1.54, 1.807) is 0 Å². The highest BCUT2D eigenvalue weighted by molar-refractivity contribution is 6.30. The minimum absolute atomic E-state index is 0.504. The van der Waals surface area contributed by atoms with Gasteiger partial charge in [-0.1, -0.05) is 23.7 Å². The lowest BCUT2D eigenvalue weighted by molar-refractivity contribution is 0.397. The Morgan fingerprint density at radius 1 is 1.41 bits per heavy atom. The smallest absolute Gasteiger partial charge is 0.153 e. The zero-order chi connectivity index (χ0) is 12.4. The van der Waals surface area contributed by atoms with E-state index < -0.39 is 0 Å². The maximum Gasteiger partial charge on any atom is 0.153 e. The number of nitrogens with two attached hydrogens (primary N) is 1. The Hall–Kier alpha value is -1.52. The molecule has 0 atom stereocenters. The molecule has 2 rings (SSSR count). The number of aromatic amines is 1. The minimum atomic E-state index is 0.504. The summed E-state index contributed by atoms with van der Waals surface area (Å²) in [6.45, 7) is 0.756. The summed E-state index contributed by atoms with van der Waals surface area (Å²) in [5.74, 6) is 0.504. The third-order valence-electron chi connectivity index (χ3n) is 2.46. The van der Waals surface area contributed by atoms with Gasteiger partial charge in [0.25, 0.3) is 0 Å². The summed E-state index contributed by atoms with van der Waals surface area (Å²) in [7, 11) is 4.00. The maximum atomic E-state index is 5.99. The largest absolute Gasteiger partial charge is 0.382 e. The molecule has 0 radical (unpaired) electrons. The topological polar surface area (TPSA) is 57.9 Å². The third-order valence-corrected chi connectivity index (χ3v) is 2.69. The van der Waals surface area contributed by atoms with Crippen molar-refractivity contribution >= 4 is 17.4 Å². The van der Waals surface area contributed by atoms with Crippen LogP contribution in [0, 0.1) is 0 Å². The molecule has 0 fully saturated rings. The zero-order valence-corrected chi connectivity index (χ0v) is 10.6. The standard InChI is InChI=1S/C12H15ClN4/c1-17(2)7-10-11(12(14)16-15-10)8-4-3-5-9(13)6-8/h3-6H,7H2,1-2H3,(H3,14,15,16). The lowest BCUT2D eigenvalue weighted by Gasteiger charge is -2.10. The number of anilines is 1. The lowest BCUT2D eigenvalue weighted by Crippen LogP contribution is -2.11. The molecule has 0 spiro atoms. The van der Waals surface area contributed by atoms with Gasteiger partial charge in [0.05, 0.1) is 5.69 Å². The SMILES string of the molecule is CN(C)Cc1[nH]nc(N)c1-c1cccc(Cl)c1. The van der Waals surface area contributed by atoms with Gasteiger partial charge in [-0.05, 0) is 31.8 Å². The Labute approximate surface area is 105 Å². The van der Waals surface area contributed by atoms with Crippen molar-refractivity contribution in [2.45, 2.75) is 6.54 Å². The molecular formula is C12H15ClN4. The summed E-state index contributed by atoms with van der Waals surface area (Å²) < 4.78 is 0. The number of rotatable bonds is 3. The fourth-order valence-electron chi connectivity index (χ4n) is 1.79. The first-order valence-corrected chi connectivity index (χ1v) is 5.69. The molecule has 4 nitrogen and oxygen atoms in total. The molecule has 0 bridgehead atoms. The second-order valence-electron chi connectivity index (χ2n) is 4.21. The molecule has 0 unspecified atom stereocenters. The van der Waals surface area contributed by atoms with E-state index in [4.69, 9.17) is 17.3 Å². The molecule has 2 aromatic rings. The van der Waals surface area contributed by atoms with Crippen LogP contribution in [0.25, 0.3) is 11.1 Å². The van der Waals surface area contributed by atoms with Crippen molar-refractivity contribution in [2.75, 3.05) is 19.8 Å². The number of aromatic nitrogens is 2. The number of halogens is 1. The van der Waals surface area contributed by atoms with Crippen LogP contribution >= 0.6 is 11.6 Å². The predicted molar refractivity (Wildman–Crippen MR) is 70.8 cm³/mol. The van der Waals surface area contributed by atoms with Crippen LogP contribution in [-0.2, 0) is 6.54 Å². The molecule has 1 aromatic carbocycles. The van der Waals surface area contributed by atoms with Crippen LogP contribution in [0.15, 0.2) is 24.3 Å². The minimum Gasteiger partial charge on any atom is -0.382 e. The van der Waals surface area contributed by atoms with Gasteiger partial charge < -0.3 is 10.6 Å². The van der Waals surface area contributed by atoms with Crippen molar-refractivity contribution in [2.24, 2.45) is 0 Å². The monoisotopic (exact) mass is 250 g/mol. The van der Waals surface area contributed by atoms with Gasteiger partial charge in [0.2, 0.25) is 0 Å². The van der Waals surface area contributed by atoms with Gasteiger partial charge in [-0.25, -0.2) is 0 Å². The second kappa shape index (κ2) is 4.77. The van der Waals surface area contributed by atoms with Crippen molar-refractivity contribution in [1.29, 1.82) is 0 Å². The first-order valence-electron chi connectivity index (χ1n) is 5.31. The summed E-state index contributed by atoms with van der Waals surface area (Å²) in [5, 5.41) is 7.72. The van der Waals surface area contributed by atoms with Gasteiger partial charge in [0.1, 0.15) is 0 Å². The molecule has 0 aliphatic heterocycles. The summed E-state index contributed by atoms with van der Waals surface area (Å²) in [4.78, 5) is 2.06. The number of nitrogens with one attached hydrogen (secondary N) is 1. The summed E-state index contributed by atoms with van der Waals surface area (Å²) in [5.41, 5.74) is 8.81. The quantitative estimate of drug-likeness (QED) is 0.879. The molecule has 0 aliphatic rings. The van der Waals surface area contributed by atoms with Crippen molar-refractivity contribution < 1.29 is 0 Å². The number of H-pyrrole nitrogens is 1. The molecule has 5 heteroatoms. The fraction of sp³-hybridized carbons (Fsp3) is 0.250. The Morgan fingerprint density at radius 2 is 2.18 bits per heavy atom. The van der Waals surface area contributed by atoms with E-state index >= 15 is 0 Å². The Morgan fingerprint density at radius 3 is 2.82 bits per heavy atom. The molecular weight excluding hydrogens is 236 g/mol. The molecule has 0 saturated heterocycles. The summed E-state index contributed by atoms with van der Waals surface area (Å²) >= 11 is 5.99. The van der Waals surface area contributed by atoms with Crippen molar-refractivity contribution in [1.82, 2.24) is 15.1 Å². The first kappa shape index (κ1) is 12.0. The number of nitrogen functional groups attached to an aromatic ring is 1. The van der Waals surface area contributed by atoms with Gasteiger partial charge >= 0.3 is 0 Å². The van der Waals surface area contributed by atoms with Gasteiger partial charge in [0, 0.05) is 17.1 Å². The zero-order valence-electron chi connectivity index (χ0n) is 9.87. The Balaban J connectivity index is 2.47. The highest BCUT2D eigenvalue weighted by atomic mass is 35.5. The van der Waals surface area contributed by atoms with E-state index in [2.05, 4.69) is 15.1 Å². The Bertz CT molecular complexity index is 519. The number of nitrogens with zero attached hydrogens (tertiary/aromatic N) is 2. The van der Waals surface area contributed by atoms with Crippen LogP contribution in [0.4, 0.5) is 5.82 Å². The molecule has 3 N–H and O–H groups in total. The van der Waals surface area contributed by atoms with Crippen LogP contribution in [-0.4, -0.2) is 29.2 Å². The average molecular weight is 251 g/mol. The molecule has 0 saturated carbocycles. The molecule has 0 amide bonds. The lowest BCUT2D eigenvalue weighted by atomic mass is 10.1. The van der Waals surface area contributed by atoms with Crippen molar-refractivity contribution in [3.05, 3.63) is 35.0 Å². The van der Waals surface area contributed by atoms with E-state index in [-0.39, 0.29) is 0 Å². The molecule has 1 heterocycles. The van der Waals surface area contributed by atoms with E-state index in [1.165, 1.54) is 0 Å². The fourth-order valence-corrected chi connectivity index (χ4v) is 1.98. The van der Waals surface area contributed by atoms with Gasteiger partial charge in [-0.15, -0.1) is 0 Å². The number of benzene rings is 1. The average Bonchev–Trinajstić information content (AvgIpc) is 2.59. The van der Waals surface area contributed by atoms with Crippen LogP contribution in [0.1, 0.15) is 5.69 Å². The maximum absolute atomic E-state index is 5.99. The van der Waals surface area contributed by atoms with Gasteiger partial charge in [-0.3, -0.25) is 5.10 Å². The summed E-state index contributed by atoms with van der Waals surface area (Å²) in [6.07, 6.45) is 0. The van der Waals surface area contributed by atoms with Crippen molar-refractivity contribution in [3.8, 4) is 11.1 Å². The van der Waals surface area contributed by atoms with Crippen LogP contribution in [0.2, 0.25) is 5.02 Å². The third kappa shape index (κ3) is 2.60. The number of hydrogen-bond donors (Lipinski definition) is 2. The van der Waals surface area contributed by atoms with E-state index in [1.807, 2.05) is 38.4 Å². The first-order chi connectivity index (χ1) is 8.08. The van der Waals surface area contributed by atoms with E-state index in [0.29, 0.717) is 10.8 Å². The van der Waals surface area contributed by atoms with E-state index in [0.717, 1.165) is 23.4 Å². The van der Waals surface area contributed by atoms with Crippen LogP contribution < -0.4 is 5.73 Å². The molecule has 0 aliphatic carbocycles. The molecule has 1 aromatic heterocycles. The Kier molecular flexibility index (Phi) is 3.36. The van der Waals surface area contributed by atoms with Crippen LogP contribution in [0.5, 0.6) is 0 Å². The second-order valence-corrected chi connectivity index (χ2v) is 4.65. The van der Waals surface area contributed by atoms with E-state index in [9.17, 15) is 0 Å². The summed E-state index contributed by atoms with van der Waals surface area (Å²) in [6, 6.07) is 7.62. The van der Waals surface area contributed by atoms with Gasteiger partial charge in [0.15, 0.2) is 5.82 Å². The highest BCUT2D eigenvalue weighted by Crippen LogP contribution is 2.30.